The van der Waals surface area contributed by atoms with Gasteiger partial charge in [-0.2, -0.15) is 0 Å². The molecule has 94 valence electrons. The largest absolute Gasteiger partial charge is 0.323 e. The third-order valence-electron chi connectivity index (χ3n) is 5.05. The molecule has 2 rings (SSSR count). The zero-order valence-corrected chi connectivity index (χ0v) is 11.2. The highest BCUT2D eigenvalue weighted by Crippen LogP contribution is 2.54. The lowest BCUT2D eigenvalue weighted by molar-refractivity contribution is 0.184. The molecule has 0 fully saturated rings. The Labute approximate surface area is 104 Å². The lowest BCUT2D eigenvalue weighted by Gasteiger charge is -2.45. The Morgan fingerprint density at radius 1 is 1.06 bits per heavy atom. The summed E-state index contributed by atoms with van der Waals surface area (Å²) in [6, 6.07) is 8.49. The first-order valence-electron chi connectivity index (χ1n) is 6.71. The Morgan fingerprint density at radius 2 is 1.65 bits per heavy atom. The molecule has 0 aliphatic heterocycles. The maximum Gasteiger partial charge on any atom is 0.0489 e. The van der Waals surface area contributed by atoms with Gasteiger partial charge < -0.3 is 11.5 Å². The van der Waals surface area contributed by atoms with E-state index in [1.54, 1.807) is 0 Å². The van der Waals surface area contributed by atoms with Crippen LogP contribution in [0.1, 0.15) is 57.2 Å². The molecular weight excluding hydrogens is 208 g/mol. The van der Waals surface area contributed by atoms with Crippen LogP contribution in [0.2, 0.25) is 0 Å². The van der Waals surface area contributed by atoms with Crippen LogP contribution >= 0.6 is 0 Å². The van der Waals surface area contributed by atoms with E-state index in [0.29, 0.717) is 0 Å². The summed E-state index contributed by atoms with van der Waals surface area (Å²) >= 11 is 0. The Balaban J connectivity index is 2.69. The third-order valence-corrected chi connectivity index (χ3v) is 5.05. The normalized spacial score (nSPS) is 30.3. The van der Waals surface area contributed by atoms with E-state index in [1.807, 2.05) is 0 Å². The second-order valence-electron chi connectivity index (χ2n) is 5.25. The van der Waals surface area contributed by atoms with Crippen LogP contribution < -0.4 is 11.5 Å². The first-order chi connectivity index (χ1) is 8.07. The summed E-state index contributed by atoms with van der Waals surface area (Å²) in [5.41, 5.74) is 15.5. The Kier molecular flexibility index (Phi) is 3.04. The van der Waals surface area contributed by atoms with Gasteiger partial charge in [0.25, 0.3) is 0 Å². The number of fused-ring (bicyclic) bond motifs is 1. The standard InChI is InChI=1S/C15H24N2/c1-4-14(5-2)12-10-8-7-9-11(12)13(16)15(14,17)6-3/h7-10,13H,4-6,16-17H2,1-3H3. The van der Waals surface area contributed by atoms with Crippen LogP contribution in [0, 0.1) is 0 Å². The minimum Gasteiger partial charge on any atom is -0.323 e. The van der Waals surface area contributed by atoms with Crippen molar-refractivity contribution < 1.29 is 0 Å². The van der Waals surface area contributed by atoms with Crippen molar-refractivity contribution in [1.29, 1.82) is 0 Å². The molecule has 0 spiro atoms. The van der Waals surface area contributed by atoms with Crippen LogP contribution in [0.3, 0.4) is 0 Å². The lowest BCUT2D eigenvalue weighted by atomic mass is 9.64. The molecule has 2 nitrogen and oxygen atoms in total. The molecule has 1 aliphatic rings. The number of hydrogen-bond donors (Lipinski definition) is 2. The van der Waals surface area contributed by atoms with Crippen LogP contribution in [0.4, 0.5) is 0 Å². The molecule has 4 N–H and O–H groups in total. The van der Waals surface area contributed by atoms with E-state index in [9.17, 15) is 0 Å². The van der Waals surface area contributed by atoms with E-state index < -0.39 is 0 Å². The van der Waals surface area contributed by atoms with Crippen molar-refractivity contribution in [3.05, 3.63) is 35.4 Å². The molecule has 2 unspecified atom stereocenters. The van der Waals surface area contributed by atoms with Crippen molar-refractivity contribution in [2.75, 3.05) is 0 Å². The monoisotopic (exact) mass is 232 g/mol. The highest BCUT2D eigenvalue weighted by molar-refractivity contribution is 5.48. The molecule has 0 saturated carbocycles. The van der Waals surface area contributed by atoms with Crippen molar-refractivity contribution in [1.82, 2.24) is 0 Å². The van der Waals surface area contributed by atoms with Crippen molar-refractivity contribution in [3.8, 4) is 0 Å². The Hall–Kier alpha value is -0.860. The summed E-state index contributed by atoms with van der Waals surface area (Å²) in [5, 5.41) is 0. The van der Waals surface area contributed by atoms with Gasteiger partial charge in [0.2, 0.25) is 0 Å². The van der Waals surface area contributed by atoms with Crippen LogP contribution in [0.25, 0.3) is 0 Å². The number of hydrogen-bond acceptors (Lipinski definition) is 2. The summed E-state index contributed by atoms with van der Waals surface area (Å²) in [7, 11) is 0. The zero-order valence-electron chi connectivity index (χ0n) is 11.2. The van der Waals surface area contributed by atoms with Crippen molar-refractivity contribution in [2.24, 2.45) is 11.5 Å². The molecule has 0 saturated heterocycles. The predicted octanol–water partition coefficient (Wildman–Crippen LogP) is 2.87. The second-order valence-corrected chi connectivity index (χ2v) is 5.25. The van der Waals surface area contributed by atoms with E-state index in [0.717, 1.165) is 19.3 Å². The number of rotatable bonds is 3. The van der Waals surface area contributed by atoms with Crippen LogP contribution in [-0.2, 0) is 5.41 Å². The molecule has 1 aromatic carbocycles. The van der Waals surface area contributed by atoms with Crippen LogP contribution in [-0.4, -0.2) is 5.54 Å². The maximum atomic E-state index is 6.73. The topological polar surface area (TPSA) is 52.0 Å². The van der Waals surface area contributed by atoms with Gasteiger partial charge in [0.1, 0.15) is 0 Å². The van der Waals surface area contributed by atoms with Crippen LogP contribution in [0.15, 0.2) is 24.3 Å². The molecule has 0 radical (unpaired) electrons. The third kappa shape index (κ3) is 1.34. The molecule has 1 aromatic rings. The molecule has 1 aliphatic carbocycles. The molecule has 0 amide bonds. The van der Waals surface area contributed by atoms with E-state index in [2.05, 4.69) is 45.0 Å². The van der Waals surface area contributed by atoms with Gasteiger partial charge in [-0.15, -0.1) is 0 Å². The van der Waals surface area contributed by atoms with Gasteiger partial charge in [-0.3, -0.25) is 0 Å². The van der Waals surface area contributed by atoms with Gasteiger partial charge in [-0.05, 0) is 30.4 Å². The van der Waals surface area contributed by atoms with E-state index in [-0.39, 0.29) is 17.0 Å². The summed E-state index contributed by atoms with van der Waals surface area (Å²) in [5.74, 6) is 0. The van der Waals surface area contributed by atoms with Crippen molar-refractivity contribution in [2.45, 2.75) is 57.0 Å². The van der Waals surface area contributed by atoms with Crippen molar-refractivity contribution >= 4 is 0 Å². The molecular formula is C15H24N2. The summed E-state index contributed by atoms with van der Waals surface area (Å²) in [4.78, 5) is 0. The Bertz CT molecular complexity index is 409. The maximum absolute atomic E-state index is 6.73. The summed E-state index contributed by atoms with van der Waals surface area (Å²) < 4.78 is 0. The fourth-order valence-corrected chi connectivity index (χ4v) is 3.88. The number of benzene rings is 1. The van der Waals surface area contributed by atoms with Crippen molar-refractivity contribution in [3.63, 3.8) is 0 Å². The average molecular weight is 232 g/mol. The molecule has 0 aromatic heterocycles. The van der Waals surface area contributed by atoms with Gasteiger partial charge in [-0.1, -0.05) is 45.0 Å². The van der Waals surface area contributed by atoms with E-state index in [4.69, 9.17) is 11.5 Å². The van der Waals surface area contributed by atoms with E-state index >= 15 is 0 Å². The quantitative estimate of drug-likeness (QED) is 0.842. The average Bonchev–Trinajstić information content (AvgIpc) is 2.58. The smallest absolute Gasteiger partial charge is 0.0489 e. The molecule has 0 bridgehead atoms. The molecule has 2 heteroatoms. The van der Waals surface area contributed by atoms with E-state index in [1.165, 1.54) is 11.1 Å². The second kappa shape index (κ2) is 4.11. The zero-order chi connectivity index (χ0) is 12.7. The predicted molar refractivity (Wildman–Crippen MR) is 72.8 cm³/mol. The highest BCUT2D eigenvalue weighted by Gasteiger charge is 2.56. The first-order valence-corrected chi connectivity index (χ1v) is 6.71. The lowest BCUT2D eigenvalue weighted by Crippen LogP contribution is -2.59. The fourth-order valence-electron chi connectivity index (χ4n) is 3.88. The molecule has 17 heavy (non-hydrogen) atoms. The molecule has 0 heterocycles. The summed E-state index contributed by atoms with van der Waals surface area (Å²) in [6.07, 6.45) is 3.03. The minimum absolute atomic E-state index is 0.0383. The minimum atomic E-state index is -0.305. The van der Waals surface area contributed by atoms with Crippen LogP contribution in [0.5, 0.6) is 0 Å². The van der Waals surface area contributed by atoms with Gasteiger partial charge >= 0.3 is 0 Å². The molecule has 2 atom stereocenters. The highest BCUT2D eigenvalue weighted by atomic mass is 14.9. The Morgan fingerprint density at radius 3 is 2.18 bits per heavy atom. The SMILES string of the molecule is CCC1(CC)c2ccccc2C(N)C1(N)CC. The van der Waals surface area contributed by atoms with Gasteiger partial charge in [-0.25, -0.2) is 0 Å². The van der Waals surface area contributed by atoms with Gasteiger partial charge in [0.15, 0.2) is 0 Å². The first kappa shape index (κ1) is 12.6. The number of nitrogens with two attached hydrogens (primary N) is 2. The fraction of sp³-hybridized carbons (Fsp3) is 0.600. The van der Waals surface area contributed by atoms with Gasteiger partial charge in [0.05, 0.1) is 0 Å². The summed E-state index contributed by atoms with van der Waals surface area (Å²) in [6.45, 7) is 6.62. The van der Waals surface area contributed by atoms with Gasteiger partial charge in [0, 0.05) is 17.0 Å².